The van der Waals surface area contributed by atoms with Gasteiger partial charge in [0.1, 0.15) is 0 Å². The van der Waals surface area contributed by atoms with Crippen LogP contribution < -0.4 is 0 Å². The van der Waals surface area contributed by atoms with Crippen molar-refractivity contribution in [3.05, 3.63) is 0 Å². The summed E-state index contributed by atoms with van der Waals surface area (Å²) in [5, 5.41) is 0. The molecule has 2 unspecified atom stereocenters. The molecule has 1 saturated carbocycles. The lowest BCUT2D eigenvalue weighted by Gasteiger charge is -2.24. The average Bonchev–Trinajstić information content (AvgIpc) is 3.60. The second-order valence-corrected chi connectivity index (χ2v) is 11.8. The summed E-state index contributed by atoms with van der Waals surface area (Å²) in [6.45, 7) is 7.98. The van der Waals surface area contributed by atoms with E-state index >= 15 is 0 Å². The SMILES string of the molecule is CCCCCCCCOC[C@@H](COCCCCCCCCC1CC1CCCCCCCC)N(C)C. The minimum atomic E-state index is 0.377. The number of ether oxygens (including phenoxy) is 2. The first kappa shape index (κ1) is 32.9. The van der Waals surface area contributed by atoms with E-state index < -0.39 is 0 Å². The molecule has 0 aliphatic heterocycles. The molecule has 1 rings (SSSR count). The third-order valence-corrected chi connectivity index (χ3v) is 8.10. The Balaban J connectivity index is 1.82. The first-order chi connectivity index (χ1) is 17.2. The first-order valence-corrected chi connectivity index (χ1v) is 16.0. The number of rotatable bonds is 28. The number of nitrogens with zero attached hydrogens (tertiary/aromatic N) is 1. The van der Waals surface area contributed by atoms with Gasteiger partial charge in [-0.1, -0.05) is 129 Å². The highest BCUT2D eigenvalue weighted by Gasteiger charge is 2.34. The van der Waals surface area contributed by atoms with Gasteiger partial charge in [0.15, 0.2) is 0 Å². The van der Waals surface area contributed by atoms with E-state index in [0.717, 1.165) is 38.3 Å². The van der Waals surface area contributed by atoms with E-state index in [1.807, 2.05) is 0 Å². The topological polar surface area (TPSA) is 21.7 Å². The van der Waals surface area contributed by atoms with E-state index in [0.29, 0.717) is 6.04 Å². The normalized spacial score (nSPS) is 18.4. The van der Waals surface area contributed by atoms with Gasteiger partial charge < -0.3 is 14.4 Å². The standard InChI is InChI=1S/C32H65NO2/c1-5-7-9-11-15-19-23-30-27-31(30)24-20-16-13-14-18-22-26-35-29-32(33(3)4)28-34-25-21-17-12-10-8-6-2/h30-32H,5-29H2,1-4H3/t30?,31?,32-/m0/s1. The maximum atomic E-state index is 6.00. The van der Waals surface area contributed by atoms with Crippen molar-refractivity contribution in [2.45, 2.75) is 155 Å². The molecule has 0 saturated heterocycles. The van der Waals surface area contributed by atoms with E-state index in [1.54, 1.807) is 6.42 Å². The summed E-state index contributed by atoms with van der Waals surface area (Å²) in [6, 6.07) is 0.377. The molecule has 0 radical (unpaired) electrons. The smallest absolute Gasteiger partial charge is 0.0644 e. The van der Waals surface area contributed by atoms with Crippen LogP contribution in [0.5, 0.6) is 0 Å². The van der Waals surface area contributed by atoms with Gasteiger partial charge in [0.2, 0.25) is 0 Å². The molecule has 0 heterocycles. The van der Waals surface area contributed by atoms with Gasteiger partial charge in [-0.3, -0.25) is 0 Å². The third-order valence-electron chi connectivity index (χ3n) is 8.10. The molecule has 0 bridgehead atoms. The third kappa shape index (κ3) is 20.6. The number of unbranched alkanes of at least 4 members (excludes halogenated alkanes) is 15. The van der Waals surface area contributed by atoms with Crippen molar-refractivity contribution in [2.75, 3.05) is 40.5 Å². The molecule has 1 fully saturated rings. The maximum Gasteiger partial charge on any atom is 0.0644 e. The summed E-state index contributed by atoms with van der Waals surface area (Å²) in [4.78, 5) is 2.25. The minimum Gasteiger partial charge on any atom is -0.380 e. The molecule has 1 aliphatic rings. The van der Waals surface area contributed by atoms with Crippen molar-refractivity contribution in [1.29, 1.82) is 0 Å². The molecule has 0 amide bonds. The Kier molecular flexibility index (Phi) is 22.8. The molecule has 0 N–H and O–H groups in total. The quantitative estimate of drug-likeness (QED) is 0.101. The van der Waals surface area contributed by atoms with Crippen molar-refractivity contribution in [2.24, 2.45) is 11.8 Å². The van der Waals surface area contributed by atoms with E-state index in [1.165, 1.54) is 128 Å². The molecule has 35 heavy (non-hydrogen) atoms. The summed E-state index contributed by atoms with van der Waals surface area (Å²) in [5.74, 6) is 2.20. The molecular weight excluding hydrogens is 430 g/mol. The van der Waals surface area contributed by atoms with Crippen LogP contribution in [0.25, 0.3) is 0 Å². The highest BCUT2D eigenvalue weighted by Crippen LogP contribution is 2.45. The highest BCUT2D eigenvalue weighted by atomic mass is 16.5. The largest absolute Gasteiger partial charge is 0.380 e. The molecule has 3 nitrogen and oxygen atoms in total. The van der Waals surface area contributed by atoms with Crippen LogP contribution in [0, 0.1) is 11.8 Å². The van der Waals surface area contributed by atoms with Gasteiger partial charge in [0.25, 0.3) is 0 Å². The fraction of sp³-hybridized carbons (Fsp3) is 1.00. The van der Waals surface area contributed by atoms with E-state index in [2.05, 4.69) is 32.8 Å². The van der Waals surface area contributed by atoms with Crippen LogP contribution in [-0.2, 0) is 9.47 Å². The second-order valence-electron chi connectivity index (χ2n) is 11.8. The average molecular weight is 496 g/mol. The fourth-order valence-electron chi connectivity index (χ4n) is 5.29. The zero-order chi connectivity index (χ0) is 25.4. The number of hydrogen-bond donors (Lipinski definition) is 0. The van der Waals surface area contributed by atoms with Gasteiger partial charge in [-0.2, -0.15) is 0 Å². The van der Waals surface area contributed by atoms with Crippen molar-refractivity contribution in [3.8, 4) is 0 Å². The molecule has 3 heteroatoms. The first-order valence-electron chi connectivity index (χ1n) is 16.0. The minimum absolute atomic E-state index is 0.377. The van der Waals surface area contributed by atoms with E-state index in [-0.39, 0.29) is 0 Å². The zero-order valence-electron chi connectivity index (χ0n) is 24.7. The Morgan fingerprint density at radius 2 is 0.914 bits per heavy atom. The summed E-state index contributed by atoms with van der Waals surface area (Å²) >= 11 is 0. The predicted molar refractivity (Wildman–Crippen MR) is 154 cm³/mol. The Bertz CT molecular complexity index is 428. The number of likely N-dealkylation sites (N-methyl/N-ethyl adjacent to an activating group) is 1. The molecule has 0 aromatic rings. The number of hydrogen-bond acceptors (Lipinski definition) is 3. The molecule has 0 aromatic carbocycles. The van der Waals surface area contributed by atoms with Crippen LogP contribution in [0.15, 0.2) is 0 Å². The van der Waals surface area contributed by atoms with Crippen molar-refractivity contribution >= 4 is 0 Å². The van der Waals surface area contributed by atoms with Crippen LogP contribution in [0.2, 0.25) is 0 Å². The fourth-order valence-corrected chi connectivity index (χ4v) is 5.29. The van der Waals surface area contributed by atoms with Gasteiger partial charge >= 0.3 is 0 Å². The Morgan fingerprint density at radius 1 is 0.543 bits per heavy atom. The second kappa shape index (κ2) is 24.2. The summed E-state index contributed by atoms with van der Waals surface area (Å²) in [5.41, 5.74) is 0. The maximum absolute atomic E-state index is 6.00. The Morgan fingerprint density at radius 3 is 1.31 bits per heavy atom. The molecule has 3 atom stereocenters. The van der Waals surface area contributed by atoms with Crippen LogP contribution in [0.1, 0.15) is 149 Å². The lowest BCUT2D eigenvalue weighted by atomic mass is 10.0. The zero-order valence-corrected chi connectivity index (χ0v) is 24.7. The molecule has 210 valence electrons. The van der Waals surface area contributed by atoms with Crippen LogP contribution >= 0.6 is 0 Å². The monoisotopic (exact) mass is 496 g/mol. The van der Waals surface area contributed by atoms with Crippen LogP contribution in [0.4, 0.5) is 0 Å². The van der Waals surface area contributed by atoms with Gasteiger partial charge in [-0.25, -0.2) is 0 Å². The molecule has 1 aliphatic carbocycles. The predicted octanol–water partition coefficient (Wildman–Crippen LogP) is 9.43. The summed E-state index contributed by atoms with van der Waals surface area (Å²) < 4.78 is 11.9. The lowest BCUT2D eigenvalue weighted by molar-refractivity contribution is 0.0197. The molecule has 0 aromatic heterocycles. The van der Waals surface area contributed by atoms with Crippen molar-refractivity contribution < 1.29 is 9.47 Å². The van der Waals surface area contributed by atoms with Gasteiger partial charge in [0.05, 0.1) is 19.3 Å². The van der Waals surface area contributed by atoms with Crippen LogP contribution in [0.3, 0.4) is 0 Å². The summed E-state index contributed by atoms with van der Waals surface area (Å²) in [7, 11) is 4.28. The van der Waals surface area contributed by atoms with Crippen molar-refractivity contribution in [1.82, 2.24) is 4.90 Å². The van der Waals surface area contributed by atoms with Crippen molar-refractivity contribution in [3.63, 3.8) is 0 Å². The van der Waals surface area contributed by atoms with Gasteiger partial charge in [-0.15, -0.1) is 0 Å². The van der Waals surface area contributed by atoms with E-state index in [4.69, 9.17) is 9.47 Å². The molecular formula is C32H65NO2. The van der Waals surface area contributed by atoms with E-state index in [9.17, 15) is 0 Å². The lowest BCUT2D eigenvalue weighted by Crippen LogP contribution is -2.37. The van der Waals surface area contributed by atoms with Gasteiger partial charge in [0, 0.05) is 13.2 Å². The van der Waals surface area contributed by atoms with Gasteiger partial charge in [-0.05, 0) is 45.2 Å². The highest BCUT2D eigenvalue weighted by molar-refractivity contribution is 4.85. The Labute approximate surface area is 221 Å². The Hall–Kier alpha value is -0.120. The summed E-state index contributed by atoms with van der Waals surface area (Å²) in [6.07, 6.45) is 29.5. The molecule has 0 spiro atoms. The van der Waals surface area contributed by atoms with Crippen LogP contribution in [-0.4, -0.2) is 51.5 Å².